The molecule has 1 fully saturated rings. The maximum Gasteiger partial charge on any atom is 0.294 e. The van der Waals surface area contributed by atoms with Crippen LogP contribution in [0.3, 0.4) is 0 Å². The van der Waals surface area contributed by atoms with Gasteiger partial charge in [-0.25, -0.2) is 0 Å². The van der Waals surface area contributed by atoms with Crippen LogP contribution in [0.15, 0.2) is 35.8 Å². The van der Waals surface area contributed by atoms with Crippen LogP contribution < -0.4 is 0 Å². The average Bonchev–Trinajstić information content (AvgIpc) is 2.19. The summed E-state index contributed by atoms with van der Waals surface area (Å²) in [6, 6.07) is 0. The molecule has 0 radical (unpaired) electrons. The van der Waals surface area contributed by atoms with E-state index in [0.717, 1.165) is 0 Å². The molecular formula is C16H28O3S. The molecule has 0 saturated heterocycles. The van der Waals surface area contributed by atoms with E-state index >= 15 is 0 Å². The molecule has 1 aliphatic rings. The third-order valence-electron chi connectivity index (χ3n) is 3.75. The lowest BCUT2D eigenvalue weighted by Crippen LogP contribution is -2.16. The lowest BCUT2D eigenvalue weighted by atomic mass is 9.81. The molecule has 0 aliphatic heterocycles. The molecular weight excluding hydrogens is 272 g/mol. The van der Waals surface area contributed by atoms with Crippen LogP contribution in [-0.4, -0.2) is 13.0 Å². The Labute approximate surface area is 124 Å². The third kappa shape index (κ3) is 7.65. The van der Waals surface area contributed by atoms with Crippen molar-refractivity contribution in [3.05, 3.63) is 35.8 Å². The summed E-state index contributed by atoms with van der Waals surface area (Å²) in [6.07, 6.45) is 11.8. The topological polar surface area (TPSA) is 54.4 Å². The molecule has 1 rings (SSSR count). The highest BCUT2D eigenvalue weighted by Crippen LogP contribution is 2.28. The highest BCUT2D eigenvalue weighted by Gasteiger charge is 2.19. The smallest absolute Gasteiger partial charge is 0.282 e. The van der Waals surface area contributed by atoms with E-state index in [0.29, 0.717) is 5.92 Å². The quantitative estimate of drug-likeness (QED) is 0.589. The van der Waals surface area contributed by atoms with Gasteiger partial charge in [-0.3, -0.25) is 4.55 Å². The highest BCUT2D eigenvalue weighted by atomic mass is 32.2. The fourth-order valence-electron chi connectivity index (χ4n) is 1.08. The van der Waals surface area contributed by atoms with E-state index in [-0.39, 0.29) is 10.3 Å². The highest BCUT2D eigenvalue weighted by molar-refractivity contribution is 7.90. The van der Waals surface area contributed by atoms with E-state index < -0.39 is 10.1 Å². The summed E-state index contributed by atoms with van der Waals surface area (Å²) in [5.74, 6) is 0.370. The van der Waals surface area contributed by atoms with Crippen molar-refractivity contribution in [3.63, 3.8) is 0 Å². The van der Waals surface area contributed by atoms with Crippen molar-refractivity contribution < 1.29 is 13.0 Å². The van der Waals surface area contributed by atoms with Crippen LogP contribution in [-0.2, 0) is 10.1 Å². The predicted octanol–water partition coefficient (Wildman–Crippen LogP) is 4.74. The zero-order valence-electron chi connectivity index (χ0n) is 13.1. The number of hydrogen-bond acceptors (Lipinski definition) is 2. The molecule has 20 heavy (non-hydrogen) atoms. The first-order chi connectivity index (χ1) is 9.11. The van der Waals surface area contributed by atoms with Crippen molar-refractivity contribution in [1.82, 2.24) is 0 Å². The van der Waals surface area contributed by atoms with Gasteiger partial charge in [0, 0.05) is 0 Å². The van der Waals surface area contributed by atoms with E-state index in [1.54, 1.807) is 6.08 Å². The lowest BCUT2D eigenvalue weighted by Gasteiger charge is -2.25. The van der Waals surface area contributed by atoms with Crippen LogP contribution in [0, 0.1) is 11.3 Å². The Bertz CT molecular complexity index is 446. The molecule has 1 saturated carbocycles. The Kier molecular flexibility index (Phi) is 8.06. The molecule has 3 nitrogen and oxygen atoms in total. The molecule has 1 aliphatic carbocycles. The van der Waals surface area contributed by atoms with E-state index in [1.165, 1.54) is 43.9 Å². The predicted molar refractivity (Wildman–Crippen MR) is 86.1 cm³/mol. The second-order valence-corrected chi connectivity index (χ2v) is 7.42. The Balaban J connectivity index is 0.000000760. The second kappa shape index (κ2) is 8.42. The minimum absolute atomic E-state index is 0.134. The van der Waals surface area contributed by atoms with Crippen LogP contribution >= 0.6 is 0 Å². The molecule has 116 valence electrons. The van der Waals surface area contributed by atoms with Gasteiger partial charge in [0.1, 0.15) is 0 Å². The molecule has 1 N–H and O–H groups in total. The molecule has 0 aromatic carbocycles. The van der Waals surface area contributed by atoms with Crippen molar-refractivity contribution in [2.45, 2.75) is 53.4 Å². The Hall–Kier alpha value is -0.870. The van der Waals surface area contributed by atoms with Gasteiger partial charge in [-0.05, 0) is 23.5 Å². The van der Waals surface area contributed by atoms with E-state index in [4.69, 9.17) is 4.55 Å². The van der Waals surface area contributed by atoms with Crippen LogP contribution in [0.4, 0.5) is 0 Å². The van der Waals surface area contributed by atoms with Gasteiger partial charge in [-0.15, -0.1) is 0 Å². The zero-order valence-corrected chi connectivity index (χ0v) is 13.9. The lowest BCUT2D eigenvalue weighted by molar-refractivity contribution is 0.333. The van der Waals surface area contributed by atoms with Gasteiger partial charge in [-0.2, -0.15) is 8.42 Å². The van der Waals surface area contributed by atoms with Crippen LogP contribution in [0.5, 0.6) is 0 Å². The van der Waals surface area contributed by atoms with Crippen LogP contribution in [0.2, 0.25) is 0 Å². The van der Waals surface area contributed by atoms with Gasteiger partial charge in [0.05, 0.1) is 4.91 Å². The Morgan fingerprint density at radius 2 is 1.65 bits per heavy atom. The van der Waals surface area contributed by atoms with Crippen molar-refractivity contribution >= 4 is 10.1 Å². The molecule has 0 aromatic heterocycles. The van der Waals surface area contributed by atoms with Crippen molar-refractivity contribution in [2.75, 3.05) is 0 Å². The van der Waals surface area contributed by atoms with E-state index in [1.807, 2.05) is 13.8 Å². The molecule has 0 unspecified atom stereocenters. The minimum Gasteiger partial charge on any atom is -0.282 e. The first-order valence-corrected chi connectivity index (χ1v) is 8.54. The second-order valence-electron chi connectivity index (χ2n) is 6.00. The summed E-state index contributed by atoms with van der Waals surface area (Å²) in [7, 11) is -4.17. The van der Waals surface area contributed by atoms with Gasteiger partial charge in [-0.1, -0.05) is 72.1 Å². The van der Waals surface area contributed by atoms with Gasteiger partial charge in [0.2, 0.25) is 0 Å². The van der Waals surface area contributed by atoms with E-state index in [9.17, 15) is 8.42 Å². The summed E-state index contributed by atoms with van der Waals surface area (Å²) in [5, 5.41) is 0. The van der Waals surface area contributed by atoms with Crippen molar-refractivity contribution in [1.29, 1.82) is 0 Å². The van der Waals surface area contributed by atoms with Gasteiger partial charge >= 0.3 is 0 Å². The largest absolute Gasteiger partial charge is 0.294 e. The number of allylic oxidation sites excluding steroid dienone is 4. The maximum absolute atomic E-state index is 11.0. The maximum atomic E-state index is 11.0. The van der Waals surface area contributed by atoms with Crippen molar-refractivity contribution in [2.24, 2.45) is 11.3 Å². The fourth-order valence-corrected chi connectivity index (χ4v) is 1.59. The molecule has 0 heterocycles. The molecule has 0 aromatic rings. The van der Waals surface area contributed by atoms with Gasteiger partial charge < -0.3 is 0 Å². The monoisotopic (exact) mass is 300 g/mol. The molecule has 4 heteroatoms. The van der Waals surface area contributed by atoms with Crippen LogP contribution in [0.25, 0.3) is 0 Å². The van der Waals surface area contributed by atoms with Crippen molar-refractivity contribution in [3.8, 4) is 0 Å². The van der Waals surface area contributed by atoms with E-state index in [2.05, 4.69) is 20.4 Å². The first-order valence-electron chi connectivity index (χ1n) is 7.10. The Morgan fingerprint density at radius 1 is 1.20 bits per heavy atom. The first kappa shape index (κ1) is 19.1. The third-order valence-corrected chi connectivity index (χ3v) is 4.61. The SMILES string of the molecule is C1CCC1.C=C/C=C(\C=CC(C)(C)C(C)C)S(=O)(=O)O. The number of hydrogen-bond donors (Lipinski definition) is 1. The summed E-state index contributed by atoms with van der Waals surface area (Å²) in [5.41, 5.74) is -0.134. The fraction of sp³-hybridized carbons (Fsp3) is 0.625. The normalized spacial score (nSPS) is 16.6. The van der Waals surface area contributed by atoms with Crippen LogP contribution in [0.1, 0.15) is 53.4 Å². The summed E-state index contributed by atoms with van der Waals surface area (Å²) in [6.45, 7) is 11.5. The van der Waals surface area contributed by atoms with Gasteiger partial charge in [0.25, 0.3) is 10.1 Å². The zero-order chi connectivity index (χ0) is 15.8. The molecule has 0 amide bonds. The average molecular weight is 300 g/mol. The summed E-state index contributed by atoms with van der Waals surface area (Å²) < 4.78 is 30.9. The summed E-state index contributed by atoms with van der Waals surface area (Å²) >= 11 is 0. The minimum atomic E-state index is -4.17. The molecule has 0 spiro atoms. The molecule has 0 atom stereocenters. The summed E-state index contributed by atoms with van der Waals surface area (Å²) in [4.78, 5) is -0.142. The molecule has 0 bridgehead atoms. The number of rotatable bonds is 5. The Morgan fingerprint density at radius 3 is 1.90 bits per heavy atom. The van der Waals surface area contributed by atoms with Gasteiger partial charge in [0.15, 0.2) is 0 Å². The standard InChI is InChI=1S/C12H20O3S.C4H8/c1-6-7-11(16(13,14)15)8-9-12(4,5)10(2)3;1-2-4-3-1/h6-10H,1H2,2-5H3,(H,13,14,15);1-4H2/b9-8?,11-7+;.